The molecule has 0 unspecified atom stereocenters. The Bertz CT molecular complexity index is 1140. The number of nitrogens with one attached hydrogen (secondary N) is 1. The summed E-state index contributed by atoms with van der Waals surface area (Å²) >= 11 is 0. The van der Waals surface area contributed by atoms with Crippen molar-refractivity contribution in [2.24, 2.45) is 5.10 Å². The number of anilines is 1. The van der Waals surface area contributed by atoms with Crippen LogP contribution in [0.1, 0.15) is 11.3 Å². The molecule has 0 atom stereocenters. The Labute approximate surface area is 166 Å². The van der Waals surface area contributed by atoms with E-state index in [1.54, 1.807) is 12.1 Å². The van der Waals surface area contributed by atoms with Crippen molar-refractivity contribution in [3.05, 3.63) is 112 Å². The summed E-state index contributed by atoms with van der Waals surface area (Å²) in [4.78, 5) is 10.4. The van der Waals surface area contributed by atoms with E-state index in [4.69, 9.17) is 4.52 Å². The van der Waals surface area contributed by atoms with E-state index in [9.17, 15) is 10.1 Å². The highest BCUT2D eigenvalue weighted by Gasteiger charge is 2.14. The van der Waals surface area contributed by atoms with Crippen LogP contribution in [0.4, 0.5) is 11.4 Å². The van der Waals surface area contributed by atoms with E-state index in [0.717, 1.165) is 11.1 Å². The molecule has 0 saturated heterocycles. The van der Waals surface area contributed by atoms with Crippen LogP contribution in [-0.4, -0.2) is 15.8 Å². The Kier molecular flexibility index (Phi) is 5.11. The lowest BCUT2D eigenvalue weighted by Crippen LogP contribution is -2.07. The minimum atomic E-state index is -0.442. The lowest BCUT2D eigenvalue weighted by molar-refractivity contribution is -0.384. The van der Waals surface area contributed by atoms with Crippen LogP contribution in [0.3, 0.4) is 0 Å². The smallest absolute Gasteiger partial charge is 0.269 e. The van der Waals surface area contributed by atoms with Crippen molar-refractivity contribution in [1.29, 1.82) is 0 Å². The van der Waals surface area contributed by atoms with Crippen molar-refractivity contribution in [2.45, 2.75) is 0 Å². The normalized spacial score (nSPS) is 11.2. The highest BCUT2D eigenvalue weighted by molar-refractivity contribution is 6.12. The second-order valence-electron chi connectivity index (χ2n) is 6.18. The van der Waals surface area contributed by atoms with Gasteiger partial charge in [0.25, 0.3) is 5.69 Å². The van der Waals surface area contributed by atoms with Crippen molar-refractivity contribution >= 4 is 17.1 Å². The highest BCUT2D eigenvalue weighted by Crippen LogP contribution is 2.22. The van der Waals surface area contributed by atoms with E-state index in [-0.39, 0.29) is 5.69 Å². The number of non-ortho nitro benzene ring substituents is 1. The van der Waals surface area contributed by atoms with Gasteiger partial charge in [-0.15, -0.1) is 0 Å². The zero-order chi connectivity index (χ0) is 20.1. The van der Waals surface area contributed by atoms with Crippen LogP contribution in [0.15, 0.2) is 101 Å². The molecule has 0 bridgehead atoms. The Morgan fingerprint density at radius 3 is 2.24 bits per heavy atom. The second-order valence-corrected chi connectivity index (χ2v) is 6.18. The number of benzene rings is 3. The standard InChI is InChI=1S/C22H16N4O3/c27-26(28)19-13-11-18(12-14-19)23-24-22(17-9-5-2-6-10-17)20-15-21(29-25-20)16-7-3-1-4-8-16/h1-15,23H/b24-22-. The predicted octanol–water partition coefficient (Wildman–Crippen LogP) is 5.11. The van der Waals surface area contributed by atoms with Gasteiger partial charge >= 0.3 is 0 Å². The van der Waals surface area contributed by atoms with Gasteiger partial charge in [0.15, 0.2) is 5.76 Å². The van der Waals surface area contributed by atoms with Crippen molar-refractivity contribution < 1.29 is 9.45 Å². The second kappa shape index (κ2) is 8.18. The van der Waals surface area contributed by atoms with Crippen LogP contribution in [0.5, 0.6) is 0 Å². The topological polar surface area (TPSA) is 93.6 Å². The molecule has 1 heterocycles. The van der Waals surface area contributed by atoms with Crippen LogP contribution >= 0.6 is 0 Å². The Morgan fingerprint density at radius 2 is 1.59 bits per heavy atom. The van der Waals surface area contributed by atoms with Gasteiger partial charge in [-0.05, 0) is 12.1 Å². The third-order valence-corrected chi connectivity index (χ3v) is 4.23. The van der Waals surface area contributed by atoms with E-state index in [0.29, 0.717) is 22.9 Å². The number of hydrazone groups is 1. The molecular formula is C22H16N4O3. The SMILES string of the molecule is O=[N+]([O-])c1ccc(N/N=C(/c2ccccc2)c2cc(-c3ccccc3)on2)cc1. The van der Waals surface area contributed by atoms with Gasteiger partial charge < -0.3 is 4.52 Å². The summed E-state index contributed by atoms with van der Waals surface area (Å²) in [6.45, 7) is 0. The Morgan fingerprint density at radius 1 is 0.931 bits per heavy atom. The summed E-state index contributed by atoms with van der Waals surface area (Å²) in [6, 6.07) is 27.1. The molecule has 7 heteroatoms. The highest BCUT2D eigenvalue weighted by atomic mass is 16.6. The molecule has 29 heavy (non-hydrogen) atoms. The molecule has 1 aromatic heterocycles. The molecule has 142 valence electrons. The molecule has 0 aliphatic rings. The number of nitro benzene ring substituents is 1. The first-order valence-corrected chi connectivity index (χ1v) is 8.87. The molecule has 0 amide bonds. The molecule has 0 aliphatic heterocycles. The van der Waals surface area contributed by atoms with E-state index in [1.165, 1.54) is 12.1 Å². The zero-order valence-electron chi connectivity index (χ0n) is 15.2. The van der Waals surface area contributed by atoms with Gasteiger partial charge in [-0.3, -0.25) is 15.5 Å². The summed E-state index contributed by atoms with van der Waals surface area (Å²) in [7, 11) is 0. The number of nitrogens with zero attached hydrogens (tertiary/aromatic N) is 3. The first-order chi connectivity index (χ1) is 14.2. The lowest BCUT2D eigenvalue weighted by atomic mass is 10.1. The fourth-order valence-corrected chi connectivity index (χ4v) is 2.77. The van der Waals surface area contributed by atoms with Gasteiger partial charge in [0.1, 0.15) is 11.4 Å². The average molecular weight is 384 g/mol. The number of nitro groups is 1. The van der Waals surface area contributed by atoms with Gasteiger partial charge in [-0.1, -0.05) is 65.8 Å². The van der Waals surface area contributed by atoms with Crippen LogP contribution in [0, 0.1) is 10.1 Å². The summed E-state index contributed by atoms with van der Waals surface area (Å²) in [5, 5.41) is 19.5. The number of hydrogen-bond acceptors (Lipinski definition) is 6. The van der Waals surface area contributed by atoms with Gasteiger partial charge in [0.2, 0.25) is 0 Å². The maximum atomic E-state index is 10.8. The summed E-state index contributed by atoms with van der Waals surface area (Å²) in [6.07, 6.45) is 0. The average Bonchev–Trinajstić information content (AvgIpc) is 3.26. The molecule has 0 saturated carbocycles. The largest absolute Gasteiger partial charge is 0.356 e. The minimum absolute atomic E-state index is 0.0202. The third-order valence-electron chi connectivity index (χ3n) is 4.23. The van der Waals surface area contributed by atoms with E-state index < -0.39 is 4.92 Å². The summed E-state index contributed by atoms with van der Waals surface area (Å²) in [5.74, 6) is 0.638. The lowest BCUT2D eigenvalue weighted by Gasteiger charge is -2.05. The predicted molar refractivity (Wildman–Crippen MR) is 111 cm³/mol. The quantitative estimate of drug-likeness (QED) is 0.283. The minimum Gasteiger partial charge on any atom is -0.356 e. The molecular weight excluding hydrogens is 368 g/mol. The Balaban J connectivity index is 1.66. The maximum absolute atomic E-state index is 10.8. The van der Waals surface area contributed by atoms with Gasteiger partial charge in [0, 0.05) is 29.3 Å². The van der Waals surface area contributed by atoms with Crippen LogP contribution < -0.4 is 5.43 Å². The zero-order valence-corrected chi connectivity index (χ0v) is 15.2. The monoisotopic (exact) mass is 384 g/mol. The van der Waals surface area contributed by atoms with E-state index in [1.807, 2.05) is 66.7 Å². The van der Waals surface area contributed by atoms with Crippen LogP contribution in [0.2, 0.25) is 0 Å². The number of aromatic nitrogens is 1. The molecule has 3 aromatic carbocycles. The molecule has 4 aromatic rings. The van der Waals surface area contributed by atoms with Crippen LogP contribution in [0.25, 0.3) is 11.3 Å². The van der Waals surface area contributed by atoms with Crippen molar-refractivity contribution in [3.8, 4) is 11.3 Å². The van der Waals surface area contributed by atoms with Crippen LogP contribution in [-0.2, 0) is 0 Å². The van der Waals surface area contributed by atoms with Crippen molar-refractivity contribution in [2.75, 3.05) is 5.43 Å². The van der Waals surface area contributed by atoms with E-state index >= 15 is 0 Å². The number of hydrogen-bond donors (Lipinski definition) is 1. The maximum Gasteiger partial charge on any atom is 0.269 e. The fourth-order valence-electron chi connectivity index (χ4n) is 2.77. The molecule has 0 aliphatic carbocycles. The molecule has 7 nitrogen and oxygen atoms in total. The van der Waals surface area contributed by atoms with Crippen molar-refractivity contribution in [1.82, 2.24) is 5.16 Å². The molecule has 0 spiro atoms. The third kappa shape index (κ3) is 4.19. The first kappa shape index (κ1) is 18.1. The van der Waals surface area contributed by atoms with Gasteiger partial charge in [-0.25, -0.2) is 0 Å². The first-order valence-electron chi connectivity index (χ1n) is 8.87. The van der Waals surface area contributed by atoms with E-state index in [2.05, 4.69) is 15.7 Å². The Hall–Kier alpha value is -4.26. The van der Waals surface area contributed by atoms with Gasteiger partial charge in [-0.2, -0.15) is 5.10 Å². The molecule has 1 N–H and O–H groups in total. The number of rotatable bonds is 6. The summed E-state index contributed by atoms with van der Waals surface area (Å²) < 4.78 is 5.51. The van der Waals surface area contributed by atoms with Crippen molar-refractivity contribution in [3.63, 3.8) is 0 Å². The molecule has 0 radical (unpaired) electrons. The molecule has 0 fully saturated rings. The summed E-state index contributed by atoms with van der Waals surface area (Å²) in [5.41, 5.74) is 6.52. The van der Waals surface area contributed by atoms with Gasteiger partial charge in [0.05, 0.1) is 10.6 Å². The molecule has 4 rings (SSSR count). The fraction of sp³-hybridized carbons (Fsp3) is 0.